The summed E-state index contributed by atoms with van der Waals surface area (Å²) < 4.78 is 0. The van der Waals surface area contributed by atoms with Crippen LogP contribution in [0.15, 0.2) is 84.0 Å². The average Bonchev–Trinajstić information content (AvgIpc) is 2.85. The van der Waals surface area contributed by atoms with Crippen molar-refractivity contribution in [3.8, 4) is 22.5 Å². The van der Waals surface area contributed by atoms with Gasteiger partial charge in [0.05, 0.1) is 5.75 Å². The van der Waals surface area contributed by atoms with Crippen molar-refractivity contribution in [1.29, 1.82) is 0 Å². The van der Waals surface area contributed by atoms with Crippen LogP contribution < -0.4 is 5.32 Å². The standard InChI is InChI=1S/C27H26N4OS/c1-18(2)22-16-10-11-19(3)24(22)28-23(32)17-33-27-29-25(20-12-6-4-7-13-20)26(30-31-27)21-14-8-5-9-15-21/h4-16,18H,17H2,1-3H3,(H,28,32). The molecule has 0 fully saturated rings. The van der Waals surface area contributed by atoms with Crippen molar-refractivity contribution in [2.24, 2.45) is 0 Å². The summed E-state index contributed by atoms with van der Waals surface area (Å²) in [6.45, 7) is 6.26. The lowest BCUT2D eigenvalue weighted by atomic mass is 9.98. The largest absolute Gasteiger partial charge is 0.325 e. The van der Waals surface area contributed by atoms with Crippen LogP contribution in [-0.4, -0.2) is 26.8 Å². The van der Waals surface area contributed by atoms with Gasteiger partial charge in [-0.15, -0.1) is 10.2 Å². The number of hydrogen-bond acceptors (Lipinski definition) is 5. The van der Waals surface area contributed by atoms with Gasteiger partial charge in [-0.1, -0.05) is 104 Å². The highest BCUT2D eigenvalue weighted by molar-refractivity contribution is 7.99. The van der Waals surface area contributed by atoms with E-state index in [1.54, 1.807) is 0 Å². The normalized spacial score (nSPS) is 10.9. The van der Waals surface area contributed by atoms with E-state index in [-0.39, 0.29) is 11.7 Å². The SMILES string of the molecule is Cc1cccc(C(C)C)c1NC(=O)CSc1nnc(-c2ccccc2)c(-c2ccccc2)n1. The smallest absolute Gasteiger partial charge is 0.234 e. The number of amides is 1. The summed E-state index contributed by atoms with van der Waals surface area (Å²) in [6.07, 6.45) is 0. The highest BCUT2D eigenvalue weighted by atomic mass is 32.2. The predicted octanol–water partition coefficient (Wildman–Crippen LogP) is 6.37. The molecule has 0 atom stereocenters. The maximum Gasteiger partial charge on any atom is 0.234 e. The lowest BCUT2D eigenvalue weighted by Gasteiger charge is -2.16. The minimum absolute atomic E-state index is 0.0896. The second-order valence-electron chi connectivity index (χ2n) is 8.05. The number of nitrogens with zero attached hydrogens (tertiary/aromatic N) is 3. The molecule has 0 unspecified atom stereocenters. The molecule has 1 aromatic heterocycles. The van der Waals surface area contributed by atoms with Crippen molar-refractivity contribution >= 4 is 23.4 Å². The first-order chi connectivity index (χ1) is 16.0. The van der Waals surface area contributed by atoms with Crippen LogP contribution in [0.3, 0.4) is 0 Å². The number of carbonyl (C=O) groups is 1. The molecular formula is C27H26N4OS. The minimum Gasteiger partial charge on any atom is -0.325 e. The number of thioether (sulfide) groups is 1. The number of hydrogen-bond donors (Lipinski definition) is 1. The molecule has 0 aliphatic rings. The molecule has 0 bridgehead atoms. The van der Waals surface area contributed by atoms with Crippen LogP contribution in [0.4, 0.5) is 5.69 Å². The highest BCUT2D eigenvalue weighted by Crippen LogP contribution is 2.30. The summed E-state index contributed by atoms with van der Waals surface area (Å²) in [5.41, 5.74) is 6.45. The second-order valence-corrected chi connectivity index (χ2v) is 9.00. The Kier molecular flexibility index (Phi) is 7.15. The molecule has 3 aromatic carbocycles. The fourth-order valence-corrected chi connectivity index (χ4v) is 4.19. The van der Waals surface area contributed by atoms with Gasteiger partial charge in [0.15, 0.2) is 0 Å². The Morgan fingerprint density at radius 2 is 1.48 bits per heavy atom. The van der Waals surface area contributed by atoms with Crippen LogP contribution >= 0.6 is 11.8 Å². The van der Waals surface area contributed by atoms with E-state index in [1.165, 1.54) is 11.8 Å². The number of benzene rings is 3. The van der Waals surface area contributed by atoms with E-state index < -0.39 is 0 Å². The van der Waals surface area contributed by atoms with Crippen molar-refractivity contribution in [3.05, 3.63) is 90.0 Å². The van der Waals surface area contributed by atoms with Crippen molar-refractivity contribution in [1.82, 2.24) is 15.2 Å². The first-order valence-corrected chi connectivity index (χ1v) is 11.9. The van der Waals surface area contributed by atoms with Crippen molar-refractivity contribution in [3.63, 3.8) is 0 Å². The average molecular weight is 455 g/mol. The fraction of sp³-hybridized carbons (Fsp3) is 0.185. The summed E-state index contributed by atoms with van der Waals surface area (Å²) in [6, 6.07) is 25.9. The number of carbonyl (C=O) groups excluding carboxylic acids is 1. The zero-order valence-corrected chi connectivity index (χ0v) is 19.8. The zero-order valence-electron chi connectivity index (χ0n) is 18.9. The Morgan fingerprint density at radius 1 is 0.848 bits per heavy atom. The van der Waals surface area contributed by atoms with Gasteiger partial charge in [-0.25, -0.2) is 4.98 Å². The van der Waals surface area contributed by atoms with Crippen molar-refractivity contribution in [2.75, 3.05) is 11.1 Å². The molecule has 4 aromatic rings. The maximum absolute atomic E-state index is 12.7. The third kappa shape index (κ3) is 5.46. The van der Waals surface area contributed by atoms with Gasteiger partial charge in [0.25, 0.3) is 0 Å². The third-order valence-electron chi connectivity index (χ3n) is 5.29. The number of nitrogens with one attached hydrogen (secondary N) is 1. The maximum atomic E-state index is 12.7. The summed E-state index contributed by atoms with van der Waals surface area (Å²) in [5, 5.41) is 12.3. The Morgan fingerprint density at radius 3 is 2.12 bits per heavy atom. The first-order valence-electron chi connectivity index (χ1n) is 10.9. The van der Waals surface area contributed by atoms with Crippen LogP contribution in [0.1, 0.15) is 30.9 Å². The molecule has 1 heterocycles. The quantitative estimate of drug-likeness (QED) is 0.329. The molecule has 6 heteroatoms. The van der Waals surface area contributed by atoms with Crippen LogP contribution in [0, 0.1) is 6.92 Å². The molecule has 33 heavy (non-hydrogen) atoms. The van der Waals surface area contributed by atoms with E-state index in [0.29, 0.717) is 11.1 Å². The van der Waals surface area contributed by atoms with Gasteiger partial charge in [0.2, 0.25) is 11.1 Å². The number of aromatic nitrogens is 3. The van der Waals surface area contributed by atoms with Crippen molar-refractivity contribution < 1.29 is 4.79 Å². The fourth-order valence-electron chi connectivity index (χ4n) is 3.61. The monoisotopic (exact) mass is 454 g/mol. The lowest BCUT2D eigenvalue weighted by Crippen LogP contribution is -2.17. The molecular weight excluding hydrogens is 428 g/mol. The Labute approximate surface area is 198 Å². The van der Waals surface area contributed by atoms with Crippen molar-refractivity contribution in [2.45, 2.75) is 31.8 Å². The lowest BCUT2D eigenvalue weighted by molar-refractivity contribution is -0.113. The zero-order chi connectivity index (χ0) is 23.2. The van der Waals surface area contributed by atoms with E-state index in [0.717, 1.165) is 39.3 Å². The Hall–Kier alpha value is -3.51. The molecule has 166 valence electrons. The van der Waals surface area contributed by atoms with Gasteiger partial charge in [-0.05, 0) is 24.0 Å². The summed E-state index contributed by atoms with van der Waals surface area (Å²) in [5.74, 6) is 0.430. The predicted molar refractivity (Wildman–Crippen MR) is 135 cm³/mol. The molecule has 0 saturated carbocycles. The third-order valence-corrected chi connectivity index (χ3v) is 6.12. The van der Waals surface area contributed by atoms with Crippen LogP contribution in [0.5, 0.6) is 0 Å². The Balaban J connectivity index is 1.56. The van der Waals surface area contributed by atoms with Gasteiger partial charge < -0.3 is 5.32 Å². The van der Waals surface area contributed by atoms with Crippen LogP contribution in [-0.2, 0) is 4.79 Å². The van der Waals surface area contributed by atoms with E-state index in [9.17, 15) is 4.79 Å². The van der Waals surface area contributed by atoms with Gasteiger partial charge in [0.1, 0.15) is 11.4 Å². The van der Waals surface area contributed by atoms with Gasteiger partial charge in [-0.2, -0.15) is 0 Å². The molecule has 5 nitrogen and oxygen atoms in total. The van der Waals surface area contributed by atoms with E-state index >= 15 is 0 Å². The van der Waals surface area contributed by atoms with Gasteiger partial charge >= 0.3 is 0 Å². The molecule has 0 radical (unpaired) electrons. The Bertz CT molecular complexity index is 1240. The molecule has 0 aliphatic heterocycles. The molecule has 0 aliphatic carbocycles. The number of aryl methyl sites for hydroxylation is 1. The number of rotatable bonds is 7. The number of para-hydroxylation sites is 1. The topological polar surface area (TPSA) is 67.8 Å². The molecule has 1 amide bonds. The molecule has 0 spiro atoms. The molecule has 0 saturated heterocycles. The van der Waals surface area contributed by atoms with E-state index in [2.05, 4.69) is 35.4 Å². The van der Waals surface area contributed by atoms with Gasteiger partial charge in [-0.3, -0.25) is 4.79 Å². The van der Waals surface area contributed by atoms with Crippen LogP contribution in [0.25, 0.3) is 22.5 Å². The number of anilines is 1. The van der Waals surface area contributed by atoms with Crippen LogP contribution in [0.2, 0.25) is 0 Å². The highest BCUT2D eigenvalue weighted by Gasteiger charge is 2.16. The summed E-state index contributed by atoms with van der Waals surface area (Å²) in [7, 11) is 0. The van der Waals surface area contributed by atoms with Gasteiger partial charge in [0, 0.05) is 16.8 Å². The summed E-state index contributed by atoms with van der Waals surface area (Å²) >= 11 is 1.28. The van der Waals surface area contributed by atoms with E-state index in [1.807, 2.05) is 79.7 Å². The van der Waals surface area contributed by atoms with E-state index in [4.69, 9.17) is 4.98 Å². The summed E-state index contributed by atoms with van der Waals surface area (Å²) in [4.78, 5) is 17.5. The first kappa shape index (κ1) is 22.7. The second kappa shape index (κ2) is 10.4. The molecule has 1 N–H and O–H groups in total. The molecule has 4 rings (SSSR count). The minimum atomic E-state index is -0.0896.